The minimum Gasteiger partial charge on any atom is -0.462 e. The fraction of sp³-hybridized carbons (Fsp3) is 0.929. The van der Waals surface area contributed by atoms with E-state index in [0.29, 0.717) is 6.61 Å². The fourth-order valence-corrected chi connectivity index (χ4v) is 2.24. The van der Waals surface area contributed by atoms with Gasteiger partial charge in [0.05, 0.1) is 18.8 Å². The largest absolute Gasteiger partial charge is 0.462 e. The highest BCUT2D eigenvalue weighted by molar-refractivity contribution is 5.76. The molecule has 1 saturated heterocycles. The minimum atomic E-state index is -0.0748. The predicted molar refractivity (Wildman–Crippen MR) is 71.5 cm³/mol. The third-order valence-corrected chi connectivity index (χ3v) is 3.07. The van der Waals surface area contributed by atoms with Gasteiger partial charge in [0.15, 0.2) is 0 Å². The molecule has 106 valence electrons. The quantitative estimate of drug-likeness (QED) is 0.684. The van der Waals surface area contributed by atoms with Crippen molar-refractivity contribution < 1.29 is 14.3 Å². The van der Waals surface area contributed by atoms with E-state index in [1.165, 1.54) is 0 Å². The highest BCUT2D eigenvalue weighted by Crippen LogP contribution is 2.18. The van der Waals surface area contributed by atoms with E-state index < -0.39 is 0 Å². The maximum atomic E-state index is 12.0. The molecule has 4 heteroatoms. The van der Waals surface area contributed by atoms with E-state index in [1.807, 2.05) is 27.7 Å². The zero-order valence-electron chi connectivity index (χ0n) is 12.1. The van der Waals surface area contributed by atoms with E-state index in [0.717, 1.165) is 32.4 Å². The first-order valence-corrected chi connectivity index (χ1v) is 7.07. The maximum Gasteiger partial charge on any atom is 0.323 e. The van der Waals surface area contributed by atoms with Crippen molar-refractivity contribution in [1.29, 1.82) is 0 Å². The Kier molecular flexibility index (Phi) is 6.65. The summed E-state index contributed by atoms with van der Waals surface area (Å²) in [5.74, 6) is -0.0748. The lowest BCUT2D eigenvalue weighted by Gasteiger charge is -2.34. The van der Waals surface area contributed by atoms with Crippen LogP contribution < -0.4 is 0 Å². The first-order chi connectivity index (χ1) is 8.50. The van der Waals surface area contributed by atoms with Crippen LogP contribution in [0.3, 0.4) is 0 Å². The second kappa shape index (κ2) is 7.74. The van der Waals surface area contributed by atoms with Gasteiger partial charge < -0.3 is 9.47 Å². The van der Waals surface area contributed by atoms with Gasteiger partial charge in [-0.3, -0.25) is 9.69 Å². The van der Waals surface area contributed by atoms with Crippen molar-refractivity contribution in [2.75, 3.05) is 19.7 Å². The fourth-order valence-electron chi connectivity index (χ4n) is 2.24. The molecule has 0 aromatic heterocycles. The van der Waals surface area contributed by atoms with Crippen LogP contribution in [0.15, 0.2) is 0 Å². The molecule has 0 amide bonds. The Morgan fingerprint density at radius 2 is 1.94 bits per heavy atom. The van der Waals surface area contributed by atoms with Crippen LogP contribution in [0.5, 0.6) is 0 Å². The van der Waals surface area contributed by atoms with Crippen LogP contribution in [-0.2, 0) is 14.3 Å². The molecule has 0 spiro atoms. The van der Waals surface area contributed by atoms with Crippen molar-refractivity contribution in [1.82, 2.24) is 4.90 Å². The van der Waals surface area contributed by atoms with E-state index in [4.69, 9.17) is 9.47 Å². The summed E-state index contributed by atoms with van der Waals surface area (Å²) >= 11 is 0. The first-order valence-electron chi connectivity index (χ1n) is 7.07. The Bertz CT molecular complexity index is 253. The number of piperidine rings is 1. The Balaban J connectivity index is 2.43. The predicted octanol–water partition coefficient (Wildman–Crippen LogP) is 2.22. The molecule has 0 N–H and O–H groups in total. The lowest BCUT2D eigenvalue weighted by molar-refractivity contribution is -0.155. The summed E-state index contributed by atoms with van der Waals surface area (Å²) in [4.78, 5) is 14.2. The monoisotopic (exact) mass is 257 g/mol. The van der Waals surface area contributed by atoms with Crippen molar-refractivity contribution in [3.63, 3.8) is 0 Å². The van der Waals surface area contributed by atoms with Crippen molar-refractivity contribution in [3.05, 3.63) is 0 Å². The Labute approximate surface area is 111 Å². The van der Waals surface area contributed by atoms with Gasteiger partial charge in [-0.05, 0) is 47.1 Å². The lowest BCUT2D eigenvalue weighted by atomic mass is 10.0. The van der Waals surface area contributed by atoms with E-state index >= 15 is 0 Å². The van der Waals surface area contributed by atoms with Gasteiger partial charge >= 0.3 is 5.97 Å². The molecule has 18 heavy (non-hydrogen) atoms. The number of carbonyl (C=O) groups is 1. The summed E-state index contributed by atoms with van der Waals surface area (Å²) in [6.45, 7) is 10.3. The molecule has 1 fully saturated rings. The molecule has 1 rings (SSSR count). The van der Waals surface area contributed by atoms with Crippen molar-refractivity contribution in [2.45, 2.75) is 65.2 Å². The van der Waals surface area contributed by atoms with E-state index in [-0.39, 0.29) is 24.2 Å². The Morgan fingerprint density at radius 1 is 1.22 bits per heavy atom. The van der Waals surface area contributed by atoms with Crippen LogP contribution in [-0.4, -0.2) is 48.8 Å². The molecule has 1 heterocycles. The third-order valence-electron chi connectivity index (χ3n) is 3.07. The van der Waals surface area contributed by atoms with E-state index in [2.05, 4.69) is 4.90 Å². The molecule has 0 radical (unpaired) electrons. The topological polar surface area (TPSA) is 38.8 Å². The van der Waals surface area contributed by atoms with Gasteiger partial charge in [-0.2, -0.15) is 0 Å². The number of ether oxygens (including phenoxy) is 2. The Hall–Kier alpha value is -0.610. The summed E-state index contributed by atoms with van der Waals surface area (Å²) in [6.07, 6.45) is 3.39. The highest BCUT2D eigenvalue weighted by atomic mass is 16.5. The summed E-state index contributed by atoms with van der Waals surface area (Å²) < 4.78 is 10.9. The summed E-state index contributed by atoms with van der Waals surface area (Å²) in [6, 6.07) is -0.0723. The number of esters is 1. The molecule has 4 nitrogen and oxygen atoms in total. The standard InChI is InChI=1S/C14H27NO3/c1-11(2)17-10-9-15-8-6-5-7-13(15)14(16)18-12(3)4/h11-13H,5-10H2,1-4H3/t13-/m1/s1. The van der Waals surface area contributed by atoms with Crippen LogP contribution in [0.4, 0.5) is 0 Å². The molecule has 0 aromatic carbocycles. The average molecular weight is 257 g/mol. The zero-order chi connectivity index (χ0) is 13.5. The highest BCUT2D eigenvalue weighted by Gasteiger charge is 2.30. The molecule has 0 aromatic rings. The number of rotatable bonds is 6. The van der Waals surface area contributed by atoms with E-state index in [9.17, 15) is 4.79 Å². The second-order valence-electron chi connectivity index (χ2n) is 5.45. The van der Waals surface area contributed by atoms with Crippen LogP contribution >= 0.6 is 0 Å². The summed E-state index contributed by atoms with van der Waals surface area (Å²) in [5.41, 5.74) is 0. The average Bonchev–Trinajstić information content (AvgIpc) is 2.28. The van der Waals surface area contributed by atoms with Gasteiger partial charge in [-0.1, -0.05) is 6.42 Å². The molecule has 0 aliphatic carbocycles. The Morgan fingerprint density at radius 3 is 2.56 bits per heavy atom. The van der Waals surface area contributed by atoms with Crippen LogP contribution in [0.25, 0.3) is 0 Å². The number of nitrogens with zero attached hydrogens (tertiary/aromatic N) is 1. The molecule has 1 aliphatic heterocycles. The third kappa shape index (κ3) is 5.36. The molecule has 0 unspecified atom stereocenters. The van der Waals surface area contributed by atoms with Crippen LogP contribution in [0.2, 0.25) is 0 Å². The first kappa shape index (κ1) is 15.4. The van der Waals surface area contributed by atoms with E-state index in [1.54, 1.807) is 0 Å². The van der Waals surface area contributed by atoms with Crippen LogP contribution in [0, 0.1) is 0 Å². The molecule has 1 aliphatic rings. The van der Waals surface area contributed by atoms with Crippen molar-refractivity contribution in [3.8, 4) is 0 Å². The molecular weight excluding hydrogens is 230 g/mol. The zero-order valence-corrected chi connectivity index (χ0v) is 12.1. The van der Waals surface area contributed by atoms with Gasteiger partial charge in [-0.15, -0.1) is 0 Å². The molecule has 0 saturated carbocycles. The van der Waals surface area contributed by atoms with Gasteiger partial charge in [0.25, 0.3) is 0 Å². The van der Waals surface area contributed by atoms with Gasteiger partial charge in [-0.25, -0.2) is 0 Å². The van der Waals surface area contributed by atoms with Gasteiger partial charge in [0.2, 0.25) is 0 Å². The van der Waals surface area contributed by atoms with Crippen molar-refractivity contribution >= 4 is 5.97 Å². The van der Waals surface area contributed by atoms with Crippen LogP contribution in [0.1, 0.15) is 47.0 Å². The summed E-state index contributed by atoms with van der Waals surface area (Å²) in [5, 5.41) is 0. The molecular formula is C14H27NO3. The second-order valence-corrected chi connectivity index (χ2v) is 5.45. The van der Waals surface area contributed by atoms with Crippen molar-refractivity contribution in [2.24, 2.45) is 0 Å². The lowest BCUT2D eigenvalue weighted by Crippen LogP contribution is -2.47. The molecule has 0 bridgehead atoms. The number of likely N-dealkylation sites (tertiary alicyclic amines) is 1. The number of carbonyl (C=O) groups excluding carboxylic acids is 1. The molecule has 1 atom stereocenters. The summed E-state index contributed by atoms with van der Waals surface area (Å²) in [7, 11) is 0. The number of hydrogen-bond donors (Lipinski definition) is 0. The smallest absolute Gasteiger partial charge is 0.323 e. The van der Waals surface area contributed by atoms with Gasteiger partial charge in [0, 0.05) is 6.54 Å². The van der Waals surface area contributed by atoms with Gasteiger partial charge in [0.1, 0.15) is 6.04 Å². The minimum absolute atomic E-state index is 0.0341. The number of hydrogen-bond acceptors (Lipinski definition) is 4. The SMILES string of the molecule is CC(C)OCCN1CCCC[C@@H]1C(=O)OC(C)C. The normalized spacial score (nSPS) is 21.6. The maximum absolute atomic E-state index is 12.0.